The third kappa shape index (κ3) is 4.20. The number of hydrogen-bond acceptors (Lipinski definition) is 8. The number of rotatable bonds is 7. The number of methoxy groups -OCH3 is 1. The highest BCUT2D eigenvalue weighted by molar-refractivity contribution is 5.71. The maximum Gasteiger partial charge on any atom is 0.224 e. The Balaban J connectivity index is 1.38. The first kappa shape index (κ1) is 18.6. The van der Waals surface area contributed by atoms with E-state index in [2.05, 4.69) is 42.4 Å². The molecule has 9 nitrogen and oxygen atoms in total. The average Bonchev–Trinajstić information content (AvgIpc) is 3.16. The molecule has 0 unspecified atom stereocenters. The van der Waals surface area contributed by atoms with Gasteiger partial charge in [-0.1, -0.05) is 5.21 Å². The summed E-state index contributed by atoms with van der Waals surface area (Å²) in [6, 6.07) is 7.64. The van der Waals surface area contributed by atoms with Crippen LogP contribution >= 0.6 is 0 Å². The Morgan fingerprint density at radius 2 is 1.89 bits per heavy atom. The minimum absolute atomic E-state index is 0.600. The lowest BCUT2D eigenvalue weighted by molar-refractivity contribution is 0.154. The second-order valence-corrected chi connectivity index (χ2v) is 7.03. The number of nitrogens with one attached hydrogen (secondary N) is 1. The number of fused-ring (bicyclic) bond motifs is 1. The van der Waals surface area contributed by atoms with Crippen LogP contribution in [0.3, 0.4) is 0 Å². The summed E-state index contributed by atoms with van der Waals surface area (Å²) in [6.07, 6.45) is 2.76. The summed E-state index contributed by atoms with van der Waals surface area (Å²) in [5.74, 6) is 1.40. The van der Waals surface area contributed by atoms with Gasteiger partial charge in [-0.15, -0.1) is 5.10 Å². The Kier molecular flexibility index (Phi) is 5.63. The van der Waals surface area contributed by atoms with Gasteiger partial charge in [-0.2, -0.15) is 9.67 Å². The second-order valence-electron chi connectivity index (χ2n) is 7.03. The van der Waals surface area contributed by atoms with Crippen LogP contribution < -0.4 is 10.1 Å². The van der Waals surface area contributed by atoms with E-state index in [0.29, 0.717) is 17.1 Å². The van der Waals surface area contributed by atoms with Gasteiger partial charge >= 0.3 is 0 Å². The molecule has 28 heavy (non-hydrogen) atoms. The number of piperazine rings is 1. The Morgan fingerprint density at radius 1 is 1.11 bits per heavy atom. The Morgan fingerprint density at radius 3 is 2.64 bits per heavy atom. The Labute approximate surface area is 164 Å². The maximum atomic E-state index is 5.21. The monoisotopic (exact) mass is 382 g/mol. The largest absolute Gasteiger partial charge is 0.497 e. The van der Waals surface area contributed by atoms with Crippen LogP contribution in [0.15, 0.2) is 30.5 Å². The zero-order valence-electron chi connectivity index (χ0n) is 16.4. The molecule has 1 aliphatic heterocycles. The van der Waals surface area contributed by atoms with E-state index in [4.69, 9.17) is 4.74 Å². The number of benzene rings is 1. The van der Waals surface area contributed by atoms with Crippen molar-refractivity contribution in [1.82, 2.24) is 34.8 Å². The lowest BCUT2D eigenvalue weighted by Crippen LogP contribution is -2.44. The van der Waals surface area contributed by atoms with Gasteiger partial charge in [-0.25, -0.2) is 4.98 Å². The van der Waals surface area contributed by atoms with Crippen LogP contribution in [0.4, 0.5) is 5.95 Å². The van der Waals surface area contributed by atoms with Gasteiger partial charge in [0.15, 0.2) is 11.2 Å². The predicted molar refractivity (Wildman–Crippen MR) is 108 cm³/mol. The van der Waals surface area contributed by atoms with Gasteiger partial charge in [0.05, 0.1) is 19.0 Å². The number of aromatic nitrogens is 5. The minimum atomic E-state index is 0.600. The van der Waals surface area contributed by atoms with Crippen molar-refractivity contribution < 1.29 is 4.74 Å². The van der Waals surface area contributed by atoms with Crippen LogP contribution in [0.25, 0.3) is 16.9 Å². The molecular formula is C19H26N8O. The van der Waals surface area contributed by atoms with E-state index in [1.807, 2.05) is 24.3 Å². The van der Waals surface area contributed by atoms with Crippen LogP contribution in [-0.4, -0.2) is 88.2 Å². The number of nitrogens with zero attached hydrogens (tertiary/aromatic N) is 7. The summed E-state index contributed by atoms with van der Waals surface area (Å²) in [4.78, 5) is 13.9. The number of hydrogen-bond donors (Lipinski definition) is 1. The number of likely N-dealkylation sites (N-methyl/N-ethyl adjacent to an activating group) is 1. The predicted octanol–water partition coefficient (Wildman–Crippen LogP) is 1.27. The van der Waals surface area contributed by atoms with Crippen molar-refractivity contribution in [2.45, 2.75) is 6.42 Å². The van der Waals surface area contributed by atoms with Crippen LogP contribution in [0.2, 0.25) is 0 Å². The summed E-state index contributed by atoms with van der Waals surface area (Å²) in [5, 5.41) is 11.7. The molecule has 1 N–H and O–H groups in total. The molecule has 0 radical (unpaired) electrons. The molecule has 0 bridgehead atoms. The molecular weight excluding hydrogens is 356 g/mol. The van der Waals surface area contributed by atoms with Crippen molar-refractivity contribution in [3.63, 3.8) is 0 Å². The molecule has 148 valence electrons. The Bertz CT molecular complexity index is 902. The van der Waals surface area contributed by atoms with Crippen LogP contribution in [0, 0.1) is 0 Å². The fraction of sp³-hybridized carbons (Fsp3) is 0.474. The third-order valence-electron chi connectivity index (χ3n) is 5.04. The maximum absolute atomic E-state index is 5.21. The van der Waals surface area contributed by atoms with Gasteiger partial charge in [-0.05, 0) is 44.3 Å². The summed E-state index contributed by atoms with van der Waals surface area (Å²) < 4.78 is 6.92. The summed E-state index contributed by atoms with van der Waals surface area (Å²) in [6.45, 7) is 6.51. The lowest BCUT2D eigenvalue weighted by Gasteiger charge is -2.32. The molecule has 1 fully saturated rings. The Hall–Kier alpha value is -2.78. The van der Waals surface area contributed by atoms with Crippen LogP contribution in [0.1, 0.15) is 6.42 Å². The molecule has 2 aromatic heterocycles. The first-order valence-electron chi connectivity index (χ1n) is 9.60. The van der Waals surface area contributed by atoms with E-state index in [1.54, 1.807) is 18.0 Å². The van der Waals surface area contributed by atoms with Crippen LogP contribution in [-0.2, 0) is 0 Å². The molecule has 3 aromatic rings. The normalized spacial score (nSPS) is 15.8. The van der Waals surface area contributed by atoms with E-state index in [0.717, 1.165) is 57.1 Å². The smallest absolute Gasteiger partial charge is 0.224 e. The molecule has 0 aliphatic carbocycles. The van der Waals surface area contributed by atoms with E-state index < -0.39 is 0 Å². The fourth-order valence-electron chi connectivity index (χ4n) is 3.28. The summed E-state index contributed by atoms with van der Waals surface area (Å²) in [5.41, 5.74) is 2.23. The molecule has 0 amide bonds. The topological polar surface area (TPSA) is 84.2 Å². The van der Waals surface area contributed by atoms with E-state index >= 15 is 0 Å². The molecule has 1 aromatic carbocycles. The first-order chi connectivity index (χ1) is 13.7. The average molecular weight is 382 g/mol. The minimum Gasteiger partial charge on any atom is -0.497 e. The summed E-state index contributed by atoms with van der Waals surface area (Å²) >= 11 is 0. The molecule has 4 rings (SSSR count). The quantitative estimate of drug-likeness (QED) is 0.612. The molecule has 9 heteroatoms. The van der Waals surface area contributed by atoms with Crippen LogP contribution in [0.5, 0.6) is 5.75 Å². The molecule has 0 atom stereocenters. The molecule has 0 saturated carbocycles. The van der Waals surface area contributed by atoms with Gasteiger partial charge in [0.25, 0.3) is 0 Å². The van der Waals surface area contributed by atoms with Crippen molar-refractivity contribution in [3.05, 3.63) is 30.5 Å². The van der Waals surface area contributed by atoms with Crippen molar-refractivity contribution in [2.75, 3.05) is 58.7 Å². The van der Waals surface area contributed by atoms with Gasteiger partial charge in [0.1, 0.15) is 5.75 Å². The highest BCUT2D eigenvalue weighted by Gasteiger charge is 2.13. The third-order valence-corrected chi connectivity index (χ3v) is 5.04. The van der Waals surface area contributed by atoms with E-state index in [-0.39, 0.29) is 0 Å². The van der Waals surface area contributed by atoms with Crippen molar-refractivity contribution in [1.29, 1.82) is 0 Å². The summed E-state index contributed by atoms with van der Waals surface area (Å²) in [7, 11) is 3.83. The van der Waals surface area contributed by atoms with Crippen molar-refractivity contribution >= 4 is 17.1 Å². The van der Waals surface area contributed by atoms with E-state index in [9.17, 15) is 0 Å². The van der Waals surface area contributed by atoms with Crippen molar-refractivity contribution in [3.8, 4) is 11.4 Å². The van der Waals surface area contributed by atoms with Gasteiger partial charge in [-0.3, -0.25) is 0 Å². The highest BCUT2D eigenvalue weighted by atomic mass is 16.5. The number of ether oxygens (including phenoxy) is 1. The highest BCUT2D eigenvalue weighted by Crippen LogP contribution is 2.18. The van der Waals surface area contributed by atoms with Gasteiger partial charge in [0.2, 0.25) is 5.95 Å². The fourth-order valence-corrected chi connectivity index (χ4v) is 3.28. The van der Waals surface area contributed by atoms with Crippen molar-refractivity contribution in [2.24, 2.45) is 0 Å². The molecule has 0 spiro atoms. The van der Waals surface area contributed by atoms with E-state index in [1.165, 1.54) is 0 Å². The van der Waals surface area contributed by atoms with Gasteiger partial charge in [0, 0.05) is 32.7 Å². The molecule has 1 saturated heterocycles. The molecule has 3 heterocycles. The lowest BCUT2D eigenvalue weighted by atomic mass is 10.3. The first-order valence-corrected chi connectivity index (χ1v) is 9.60. The SMILES string of the molecule is COc1ccc(-n2nnc3cnc(NCCCN4CCN(C)CC4)nc32)cc1. The number of anilines is 1. The standard InChI is InChI=1S/C19H26N8O/c1-25-10-12-26(13-11-25)9-3-8-20-19-21-14-17-18(22-19)27(24-23-17)15-4-6-16(28-2)7-5-15/h4-7,14H,3,8-13H2,1-2H3,(H,20,21,22). The zero-order valence-corrected chi connectivity index (χ0v) is 16.4. The van der Waals surface area contributed by atoms with Gasteiger partial charge < -0.3 is 19.9 Å². The zero-order chi connectivity index (χ0) is 19.3. The molecule has 1 aliphatic rings. The second kappa shape index (κ2) is 8.49.